The van der Waals surface area contributed by atoms with E-state index in [1.807, 2.05) is 12.1 Å². The Labute approximate surface area is 89.7 Å². The Morgan fingerprint density at radius 3 is 2.71 bits per heavy atom. The molecule has 1 saturated carbocycles. The van der Waals surface area contributed by atoms with Crippen molar-refractivity contribution in [3.63, 3.8) is 0 Å². The lowest BCUT2D eigenvalue weighted by atomic mass is 9.99. The number of anilines is 1. The quantitative estimate of drug-likeness (QED) is 0.775. The minimum Gasteiger partial charge on any atom is -0.365 e. The second-order valence-corrected chi connectivity index (χ2v) is 4.85. The van der Waals surface area contributed by atoms with Crippen molar-refractivity contribution < 1.29 is 0 Å². The fourth-order valence-corrected chi connectivity index (χ4v) is 1.88. The van der Waals surface area contributed by atoms with Crippen LogP contribution in [-0.2, 0) is 0 Å². The summed E-state index contributed by atoms with van der Waals surface area (Å²) in [6, 6.07) is 5.66. The first-order chi connectivity index (χ1) is 6.58. The first kappa shape index (κ1) is 9.78. The van der Waals surface area contributed by atoms with Crippen LogP contribution < -0.4 is 5.32 Å². The van der Waals surface area contributed by atoms with E-state index < -0.39 is 0 Å². The molecule has 0 aromatic carbocycles. The topological polar surface area (TPSA) is 24.9 Å². The molecule has 1 heterocycles. The molecule has 1 aliphatic carbocycles. The molecule has 14 heavy (non-hydrogen) atoms. The Morgan fingerprint density at radius 2 is 2.14 bits per heavy atom. The van der Waals surface area contributed by atoms with Crippen LogP contribution in [0, 0.1) is 5.92 Å². The van der Waals surface area contributed by atoms with Crippen LogP contribution in [0.25, 0.3) is 0 Å². The first-order valence-electron chi connectivity index (χ1n) is 4.99. The van der Waals surface area contributed by atoms with E-state index >= 15 is 0 Å². The third kappa shape index (κ3) is 2.18. The van der Waals surface area contributed by atoms with Gasteiger partial charge in [0.25, 0.3) is 0 Å². The van der Waals surface area contributed by atoms with Crippen molar-refractivity contribution in [2.75, 3.05) is 5.32 Å². The van der Waals surface area contributed by atoms with Crippen LogP contribution in [0.2, 0.25) is 5.15 Å². The van der Waals surface area contributed by atoms with Crippen LogP contribution in [0.5, 0.6) is 0 Å². The van der Waals surface area contributed by atoms with E-state index in [0.717, 1.165) is 11.7 Å². The van der Waals surface area contributed by atoms with Gasteiger partial charge >= 0.3 is 0 Å². The number of aromatic nitrogens is 1. The predicted octanol–water partition coefficient (Wildman–Crippen LogP) is 3.34. The molecule has 1 aliphatic rings. The third-order valence-corrected chi connectivity index (χ3v) is 2.97. The van der Waals surface area contributed by atoms with Gasteiger partial charge in [-0.05, 0) is 44.7 Å². The summed E-state index contributed by atoms with van der Waals surface area (Å²) >= 11 is 5.82. The molecule has 0 amide bonds. The summed E-state index contributed by atoms with van der Waals surface area (Å²) in [5.41, 5.74) is 0.137. The van der Waals surface area contributed by atoms with E-state index in [4.69, 9.17) is 11.6 Å². The molecule has 3 heteroatoms. The second kappa shape index (κ2) is 3.43. The highest BCUT2D eigenvalue weighted by Gasteiger charge is 2.37. The number of halogens is 1. The van der Waals surface area contributed by atoms with Crippen molar-refractivity contribution in [2.24, 2.45) is 5.92 Å². The van der Waals surface area contributed by atoms with Gasteiger partial charge in [0.15, 0.2) is 0 Å². The zero-order valence-electron chi connectivity index (χ0n) is 8.55. The largest absolute Gasteiger partial charge is 0.365 e. The summed E-state index contributed by atoms with van der Waals surface area (Å²) in [7, 11) is 0. The first-order valence-corrected chi connectivity index (χ1v) is 5.36. The monoisotopic (exact) mass is 210 g/mol. The molecule has 1 N–H and O–H groups in total. The molecule has 1 aromatic heterocycles. The van der Waals surface area contributed by atoms with Crippen LogP contribution in [-0.4, -0.2) is 10.5 Å². The van der Waals surface area contributed by atoms with Crippen LogP contribution in [0.3, 0.4) is 0 Å². The van der Waals surface area contributed by atoms with Gasteiger partial charge in [-0.1, -0.05) is 17.7 Å². The Bertz CT molecular complexity index is 332. The number of rotatable bonds is 3. The molecule has 0 spiro atoms. The summed E-state index contributed by atoms with van der Waals surface area (Å²) in [5, 5.41) is 3.97. The van der Waals surface area contributed by atoms with E-state index in [1.54, 1.807) is 6.07 Å². The molecule has 0 aliphatic heterocycles. The molecule has 1 aromatic rings. The van der Waals surface area contributed by atoms with E-state index in [1.165, 1.54) is 12.8 Å². The van der Waals surface area contributed by atoms with Crippen molar-refractivity contribution in [3.8, 4) is 0 Å². The summed E-state index contributed by atoms with van der Waals surface area (Å²) in [6.45, 7) is 4.43. The Kier molecular flexibility index (Phi) is 2.40. The maximum atomic E-state index is 5.82. The van der Waals surface area contributed by atoms with E-state index in [2.05, 4.69) is 24.1 Å². The minimum atomic E-state index is 0.137. The average molecular weight is 211 g/mol. The van der Waals surface area contributed by atoms with Gasteiger partial charge in [-0.15, -0.1) is 0 Å². The molecule has 76 valence electrons. The van der Waals surface area contributed by atoms with Crippen LogP contribution in [0.4, 0.5) is 5.82 Å². The third-order valence-electron chi connectivity index (χ3n) is 2.76. The fraction of sp³-hybridized carbons (Fsp3) is 0.545. The molecule has 0 bridgehead atoms. The van der Waals surface area contributed by atoms with E-state index in [-0.39, 0.29) is 5.54 Å². The molecule has 1 fully saturated rings. The number of pyridine rings is 1. The van der Waals surface area contributed by atoms with Gasteiger partial charge in [-0.3, -0.25) is 0 Å². The van der Waals surface area contributed by atoms with Crippen LogP contribution >= 0.6 is 11.6 Å². The molecular weight excluding hydrogens is 196 g/mol. The highest BCUT2D eigenvalue weighted by molar-refractivity contribution is 6.29. The summed E-state index contributed by atoms with van der Waals surface area (Å²) < 4.78 is 0. The number of nitrogens with zero attached hydrogens (tertiary/aromatic N) is 1. The normalized spacial score (nSPS) is 16.8. The Hall–Kier alpha value is -0.760. The number of nitrogens with one attached hydrogen (secondary N) is 1. The molecule has 0 atom stereocenters. The molecule has 0 radical (unpaired) electrons. The Morgan fingerprint density at radius 1 is 1.43 bits per heavy atom. The van der Waals surface area contributed by atoms with Gasteiger partial charge in [-0.25, -0.2) is 4.98 Å². The van der Waals surface area contributed by atoms with Crippen LogP contribution in [0.1, 0.15) is 26.7 Å². The molecular formula is C11H15ClN2. The van der Waals surface area contributed by atoms with Gasteiger partial charge < -0.3 is 5.32 Å². The van der Waals surface area contributed by atoms with Crippen molar-refractivity contribution in [3.05, 3.63) is 23.4 Å². The van der Waals surface area contributed by atoms with Crippen LogP contribution in [0.15, 0.2) is 18.2 Å². The van der Waals surface area contributed by atoms with Crippen molar-refractivity contribution >= 4 is 17.4 Å². The summed E-state index contributed by atoms with van der Waals surface area (Å²) in [5.74, 6) is 1.65. The predicted molar refractivity (Wildman–Crippen MR) is 59.7 cm³/mol. The molecule has 2 nitrogen and oxygen atoms in total. The highest BCUT2D eigenvalue weighted by Crippen LogP contribution is 2.40. The molecule has 2 rings (SSSR count). The lowest BCUT2D eigenvalue weighted by Gasteiger charge is -2.26. The smallest absolute Gasteiger partial charge is 0.131 e. The van der Waals surface area contributed by atoms with Gasteiger partial charge in [0, 0.05) is 5.54 Å². The zero-order chi connectivity index (χ0) is 10.2. The van der Waals surface area contributed by atoms with Gasteiger partial charge in [0.05, 0.1) is 0 Å². The SMILES string of the molecule is CC(C)(Nc1cccc(Cl)n1)C1CC1. The lowest BCUT2D eigenvalue weighted by Crippen LogP contribution is -2.33. The average Bonchev–Trinajstić information content (AvgIpc) is 2.84. The zero-order valence-corrected chi connectivity index (χ0v) is 9.30. The maximum Gasteiger partial charge on any atom is 0.131 e. The fourth-order valence-electron chi connectivity index (χ4n) is 1.72. The van der Waals surface area contributed by atoms with Gasteiger partial charge in [0.2, 0.25) is 0 Å². The van der Waals surface area contributed by atoms with Gasteiger partial charge in [-0.2, -0.15) is 0 Å². The minimum absolute atomic E-state index is 0.137. The molecule has 0 unspecified atom stereocenters. The standard InChI is InChI=1S/C11H15ClN2/c1-11(2,8-6-7-8)14-10-5-3-4-9(12)13-10/h3-5,8H,6-7H2,1-2H3,(H,13,14). The van der Waals surface area contributed by atoms with E-state index in [0.29, 0.717) is 5.15 Å². The second-order valence-electron chi connectivity index (χ2n) is 4.47. The summed E-state index contributed by atoms with van der Waals surface area (Å²) in [6.07, 6.45) is 2.64. The lowest BCUT2D eigenvalue weighted by molar-refractivity contribution is 0.492. The number of hydrogen-bond acceptors (Lipinski definition) is 2. The number of hydrogen-bond donors (Lipinski definition) is 1. The van der Waals surface area contributed by atoms with Crippen molar-refractivity contribution in [1.82, 2.24) is 4.98 Å². The Balaban J connectivity index is 2.09. The van der Waals surface area contributed by atoms with Gasteiger partial charge in [0.1, 0.15) is 11.0 Å². The molecule has 0 saturated heterocycles. The van der Waals surface area contributed by atoms with Crippen molar-refractivity contribution in [1.29, 1.82) is 0 Å². The summed E-state index contributed by atoms with van der Waals surface area (Å²) in [4.78, 5) is 4.22. The highest BCUT2D eigenvalue weighted by atomic mass is 35.5. The van der Waals surface area contributed by atoms with E-state index in [9.17, 15) is 0 Å². The maximum absolute atomic E-state index is 5.82. The van der Waals surface area contributed by atoms with Crippen molar-refractivity contribution in [2.45, 2.75) is 32.2 Å².